The number of rotatable bonds is 4. The summed E-state index contributed by atoms with van der Waals surface area (Å²) in [5.74, 6) is -18.3. The third kappa shape index (κ3) is 3.59. The summed E-state index contributed by atoms with van der Waals surface area (Å²) in [5.41, 5.74) is 9.54. The van der Waals surface area contributed by atoms with Gasteiger partial charge in [0, 0.05) is 0 Å². The lowest BCUT2D eigenvalue weighted by Gasteiger charge is -2.34. The lowest BCUT2D eigenvalue weighted by molar-refractivity contribution is -0.489. The van der Waals surface area contributed by atoms with E-state index in [0.29, 0.717) is 0 Å². The molecule has 4 N–H and O–H groups in total. The van der Waals surface area contributed by atoms with E-state index in [1.54, 1.807) is 0 Å². The molecular weight excluding hydrogens is 391 g/mol. The first-order chi connectivity index (χ1) is 10.8. The Labute approximate surface area is 129 Å². The van der Waals surface area contributed by atoms with Gasteiger partial charge in [0.15, 0.2) is 0 Å². The lowest BCUT2D eigenvalue weighted by Crippen LogP contribution is -2.58. The van der Waals surface area contributed by atoms with E-state index in [0.717, 1.165) is 0 Å². The van der Waals surface area contributed by atoms with Crippen molar-refractivity contribution in [2.75, 3.05) is 11.5 Å². The summed E-state index contributed by atoms with van der Waals surface area (Å²) in [6.45, 7) is 0. The summed E-state index contributed by atoms with van der Waals surface area (Å²) in [5, 5.41) is 0. The molecule has 144 valence electrons. The molecule has 1 aromatic rings. The fraction of sp³-hybridized carbons (Fsp3) is 0.625. The number of hydrogen-bond acceptors (Lipinski definition) is 6. The molecule has 0 bridgehead atoms. The molecule has 1 aromatic heterocycles. The number of nitrogens with two attached hydrogens (primary N) is 2. The Kier molecular flexibility index (Phi) is 4.72. The third-order valence-corrected chi connectivity index (χ3v) is 2.31. The summed E-state index contributed by atoms with van der Waals surface area (Å²) in [6, 6.07) is 0. The molecule has 0 saturated carbocycles. The van der Waals surface area contributed by atoms with Crippen LogP contribution in [-0.4, -0.2) is 39.3 Å². The van der Waals surface area contributed by atoms with Crippen molar-refractivity contribution in [2.24, 2.45) is 0 Å². The number of anilines is 2. The second-order valence-corrected chi connectivity index (χ2v) is 4.16. The number of ether oxygens (including phenoxy) is 1. The lowest BCUT2D eigenvalue weighted by atomic mass is 10.2. The van der Waals surface area contributed by atoms with Crippen LogP contribution < -0.4 is 11.5 Å². The molecule has 1 atom stereocenters. The Morgan fingerprint density at radius 3 is 1.36 bits per heavy atom. The average Bonchev–Trinajstić information content (AvgIpc) is 2.33. The monoisotopic (exact) mass is 395 g/mol. The largest absolute Gasteiger partial charge is 0.462 e. The number of nitrogen functional groups attached to an aromatic ring is 2. The highest BCUT2D eigenvalue weighted by atomic mass is 19.4. The van der Waals surface area contributed by atoms with Gasteiger partial charge in [-0.2, -0.15) is 63.2 Å². The second kappa shape index (κ2) is 5.67. The molecule has 0 aliphatic heterocycles. The summed E-state index contributed by atoms with van der Waals surface area (Å²) < 4.78 is 142. The molecule has 6 nitrogen and oxygen atoms in total. The third-order valence-electron chi connectivity index (χ3n) is 2.31. The first-order valence-corrected chi connectivity index (χ1v) is 5.41. The smallest absolute Gasteiger partial charge is 0.368 e. The van der Waals surface area contributed by atoms with Crippen molar-refractivity contribution in [3.8, 4) is 0 Å². The number of hydrogen-bond donors (Lipinski definition) is 2. The molecule has 17 heteroatoms. The minimum atomic E-state index is -7.20. The molecular formula is C8H4F11N5O. The molecule has 0 fully saturated rings. The minimum Gasteiger partial charge on any atom is -0.368 e. The Bertz CT molecular complexity index is 624. The van der Waals surface area contributed by atoms with E-state index in [9.17, 15) is 48.3 Å². The zero-order valence-electron chi connectivity index (χ0n) is 11.1. The molecule has 25 heavy (non-hydrogen) atoms. The fourth-order valence-corrected chi connectivity index (χ4v) is 1.19. The number of alkyl halides is 11. The van der Waals surface area contributed by atoms with E-state index in [-0.39, 0.29) is 0 Å². The molecule has 1 rings (SSSR count). The van der Waals surface area contributed by atoms with Gasteiger partial charge in [-0.05, 0) is 0 Å². The van der Waals surface area contributed by atoms with Crippen molar-refractivity contribution in [3.05, 3.63) is 5.82 Å². The van der Waals surface area contributed by atoms with Crippen molar-refractivity contribution >= 4 is 11.9 Å². The van der Waals surface area contributed by atoms with Crippen LogP contribution in [0.3, 0.4) is 0 Å². The SMILES string of the molecule is Nc1nc(N)nc(C(F)(OC(F)(F)C(F)(F)C(F)(F)F)C(F)(F)F)n1. The maximum absolute atomic E-state index is 14.0. The molecule has 1 heterocycles. The van der Waals surface area contributed by atoms with Crippen molar-refractivity contribution in [1.82, 2.24) is 15.0 Å². The Morgan fingerprint density at radius 2 is 1.04 bits per heavy atom. The van der Waals surface area contributed by atoms with Gasteiger partial charge >= 0.3 is 30.2 Å². The molecule has 0 aliphatic carbocycles. The Hall–Kier alpha value is -2.20. The van der Waals surface area contributed by atoms with Crippen LogP contribution in [0.5, 0.6) is 0 Å². The van der Waals surface area contributed by atoms with Gasteiger partial charge in [-0.25, -0.2) is 0 Å². The van der Waals surface area contributed by atoms with Gasteiger partial charge in [0.2, 0.25) is 17.7 Å². The molecule has 0 spiro atoms. The quantitative estimate of drug-likeness (QED) is 0.761. The van der Waals surface area contributed by atoms with Crippen LogP contribution in [0.25, 0.3) is 0 Å². The van der Waals surface area contributed by atoms with Gasteiger partial charge in [0.25, 0.3) is 0 Å². The maximum atomic E-state index is 14.0. The maximum Gasteiger partial charge on any atom is 0.462 e. The van der Waals surface area contributed by atoms with Gasteiger partial charge in [-0.15, -0.1) is 0 Å². The normalized spacial score (nSPS) is 16.6. The predicted molar refractivity (Wildman–Crippen MR) is 54.5 cm³/mol. The summed E-state index contributed by atoms with van der Waals surface area (Å²) in [6.07, 6.45) is -20.7. The van der Waals surface area contributed by atoms with Crippen molar-refractivity contribution in [2.45, 2.75) is 30.2 Å². The van der Waals surface area contributed by atoms with E-state index < -0.39 is 48.0 Å². The first-order valence-electron chi connectivity index (χ1n) is 5.41. The van der Waals surface area contributed by atoms with Gasteiger partial charge in [0.1, 0.15) is 0 Å². The fourth-order valence-electron chi connectivity index (χ4n) is 1.19. The van der Waals surface area contributed by atoms with E-state index >= 15 is 0 Å². The van der Waals surface area contributed by atoms with E-state index in [4.69, 9.17) is 11.5 Å². The molecule has 0 radical (unpaired) electrons. The molecule has 0 amide bonds. The highest BCUT2D eigenvalue weighted by Gasteiger charge is 2.79. The number of aromatic nitrogens is 3. The van der Waals surface area contributed by atoms with Crippen molar-refractivity contribution in [1.29, 1.82) is 0 Å². The highest BCUT2D eigenvalue weighted by Crippen LogP contribution is 2.53. The molecule has 0 saturated heterocycles. The van der Waals surface area contributed by atoms with Gasteiger partial charge < -0.3 is 11.5 Å². The number of halogens is 11. The van der Waals surface area contributed by atoms with Gasteiger partial charge in [-0.3, -0.25) is 4.74 Å². The number of nitrogens with zero attached hydrogens (tertiary/aromatic N) is 3. The zero-order chi connectivity index (χ0) is 20.1. The van der Waals surface area contributed by atoms with Crippen molar-refractivity contribution in [3.63, 3.8) is 0 Å². The minimum absolute atomic E-state index is 1.29. The second-order valence-electron chi connectivity index (χ2n) is 4.16. The predicted octanol–water partition coefficient (Wildman–Crippen LogP) is 2.53. The Balaban J connectivity index is 3.53. The average molecular weight is 395 g/mol. The Morgan fingerprint density at radius 1 is 0.640 bits per heavy atom. The summed E-state index contributed by atoms with van der Waals surface area (Å²) in [7, 11) is 0. The van der Waals surface area contributed by atoms with Crippen LogP contribution >= 0.6 is 0 Å². The van der Waals surface area contributed by atoms with Crippen LogP contribution in [0.4, 0.5) is 60.2 Å². The zero-order valence-corrected chi connectivity index (χ0v) is 11.1. The first kappa shape index (κ1) is 20.8. The summed E-state index contributed by atoms with van der Waals surface area (Å²) in [4.78, 5) is 7.64. The standard InChI is InChI=1S/C8H4F11N5O/c9-4(6(12,13)14,1-22-2(20)24-3(21)23-1)25-8(18,19)5(10,11)7(15,16)17/h(H4,20,21,22,23,24). The summed E-state index contributed by atoms with van der Waals surface area (Å²) >= 11 is 0. The van der Waals surface area contributed by atoms with Crippen LogP contribution in [0, 0.1) is 0 Å². The molecule has 0 aliphatic rings. The molecule has 1 unspecified atom stereocenters. The van der Waals surface area contributed by atoms with Crippen LogP contribution in [0.1, 0.15) is 5.82 Å². The van der Waals surface area contributed by atoms with Crippen molar-refractivity contribution < 1.29 is 53.0 Å². The van der Waals surface area contributed by atoms with E-state index in [1.807, 2.05) is 0 Å². The van der Waals surface area contributed by atoms with Gasteiger partial charge in [0.05, 0.1) is 0 Å². The highest BCUT2D eigenvalue weighted by molar-refractivity contribution is 5.27. The van der Waals surface area contributed by atoms with Crippen LogP contribution in [0.15, 0.2) is 0 Å². The van der Waals surface area contributed by atoms with Crippen LogP contribution in [-0.2, 0) is 10.6 Å². The van der Waals surface area contributed by atoms with Gasteiger partial charge in [-0.1, -0.05) is 0 Å². The molecule has 0 aromatic carbocycles. The van der Waals surface area contributed by atoms with E-state index in [1.165, 1.54) is 0 Å². The topological polar surface area (TPSA) is 99.9 Å². The van der Waals surface area contributed by atoms with E-state index in [2.05, 4.69) is 19.7 Å². The van der Waals surface area contributed by atoms with Crippen LogP contribution in [0.2, 0.25) is 0 Å².